The lowest BCUT2D eigenvalue weighted by Gasteiger charge is -2.13. The summed E-state index contributed by atoms with van der Waals surface area (Å²) in [6, 6.07) is 0. The summed E-state index contributed by atoms with van der Waals surface area (Å²) in [4.78, 5) is 4.42. The standard InChI is InChI=1S/C13H15IN2/c14-13-8-5-7-12-11(10-16-13)6-3-1-2-4-9-15-12/h1-3,6,8,10,15H,4-5,7,9H2/b2-1+,6-3-,12-11?,13-8+,16-10-. The fourth-order valence-electron chi connectivity index (χ4n) is 1.72. The third kappa shape index (κ3) is 3.33. The largest absolute Gasteiger partial charge is 0.387 e. The van der Waals surface area contributed by atoms with Crippen molar-refractivity contribution < 1.29 is 0 Å². The number of nitrogens with one attached hydrogen (secondary N) is 1. The molecule has 3 heteroatoms. The molecule has 2 aliphatic heterocycles. The molecule has 0 bridgehead atoms. The molecule has 0 unspecified atom stereocenters. The highest BCUT2D eigenvalue weighted by atomic mass is 127. The molecule has 0 radical (unpaired) electrons. The van der Waals surface area contributed by atoms with Crippen LogP contribution in [0.3, 0.4) is 0 Å². The smallest absolute Gasteiger partial charge is 0.0969 e. The van der Waals surface area contributed by atoms with Gasteiger partial charge in [0.05, 0.1) is 3.70 Å². The van der Waals surface area contributed by atoms with Gasteiger partial charge in [-0.25, -0.2) is 4.99 Å². The van der Waals surface area contributed by atoms with E-state index in [2.05, 4.69) is 63.3 Å². The zero-order valence-electron chi connectivity index (χ0n) is 9.12. The van der Waals surface area contributed by atoms with E-state index in [9.17, 15) is 0 Å². The monoisotopic (exact) mass is 326 g/mol. The van der Waals surface area contributed by atoms with Gasteiger partial charge in [0, 0.05) is 24.0 Å². The number of halogens is 1. The lowest BCUT2D eigenvalue weighted by Crippen LogP contribution is -2.16. The zero-order valence-corrected chi connectivity index (χ0v) is 11.3. The number of nitrogens with zero attached hydrogens (tertiary/aromatic N) is 1. The molecule has 2 nitrogen and oxygen atoms in total. The van der Waals surface area contributed by atoms with E-state index in [0.717, 1.165) is 29.5 Å². The average Bonchev–Trinajstić information content (AvgIpc) is 2.36. The van der Waals surface area contributed by atoms with E-state index in [4.69, 9.17) is 0 Å². The van der Waals surface area contributed by atoms with Gasteiger partial charge in [-0.3, -0.25) is 0 Å². The number of aliphatic imine (C=N–C) groups is 1. The first-order valence-electron chi connectivity index (χ1n) is 5.56. The minimum absolute atomic E-state index is 1.01. The van der Waals surface area contributed by atoms with E-state index in [1.807, 2.05) is 6.21 Å². The van der Waals surface area contributed by atoms with Crippen LogP contribution in [0.5, 0.6) is 0 Å². The van der Waals surface area contributed by atoms with Gasteiger partial charge in [-0.05, 0) is 41.9 Å². The van der Waals surface area contributed by atoms with Crippen molar-refractivity contribution in [2.45, 2.75) is 19.3 Å². The number of allylic oxidation sites excluding steroid dienone is 6. The van der Waals surface area contributed by atoms with Gasteiger partial charge >= 0.3 is 0 Å². The van der Waals surface area contributed by atoms with E-state index in [-0.39, 0.29) is 0 Å². The van der Waals surface area contributed by atoms with Crippen LogP contribution in [0.4, 0.5) is 0 Å². The van der Waals surface area contributed by atoms with Crippen LogP contribution in [0.15, 0.2) is 50.3 Å². The van der Waals surface area contributed by atoms with E-state index in [1.54, 1.807) is 0 Å². The lowest BCUT2D eigenvalue weighted by atomic mass is 10.1. The molecule has 0 aromatic rings. The molecule has 0 saturated heterocycles. The SMILES string of the molecule is IC1=C\CCC2=C(/C=C\C=C\CCN2)/C=N\1. The summed E-state index contributed by atoms with van der Waals surface area (Å²) in [5.74, 6) is 0. The van der Waals surface area contributed by atoms with Gasteiger partial charge in [0.25, 0.3) is 0 Å². The van der Waals surface area contributed by atoms with Crippen molar-refractivity contribution in [1.82, 2.24) is 5.32 Å². The maximum atomic E-state index is 4.42. The minimum atomic E-state index is 1.01. The van der Waals surface area contributed by atoms with E-state index < -0.39 is 0 Å². The summed E-state index contributed by atoms with van der Waals surface area (Å²) in [5, 5.41) is 3.50. The normalized spacial score (nSPS) is 30.2. The zero-order chi connectivity index (χ0) is 11.2. The Bertz CT molecular complexity index is 400. The van der Waals surface area contributed by atoms with Crippen LogP contribution in [0.25, 0.3) is 0 Å². The molecule has 84 valence electrons. The van der Waals surface area contributed by atoms with E-state index >= 15 is 0 Å². The molecule has 2 aliphatic rings. The summed E-state index contributed by atoms with van der Waals surface area (Å²) in [6.45, 7) is 1.01. The summed E-state index contributed by atoms with van der Waals surface area (Å²) >= 11 is 2.27. The summed E-state index contributed by atoms with van der Waals surface area (Å²) in [6.07, 6.45) is 15.8. The molecule has 0 spiro atoms. The fraction of sp³-hybridized carbons (Fsp3) is 0.308. The van der Waals surface area contributed by atoms with Crippen LogP contribution < -0.4 is 5.32 Å². The Morgan fingerprint density at radius 1 is 1.25 bits per heavy atom. The number of rotatable bonds is 0. The predicted molar refractivity (Wildman–Crippen MR) is 77.8 cm³/mol. The van der Waals surface area contributed by atoms with Crippen molar-refractivity contribution in [2.24, 2.45) is 4.99 Å². The molecule has 0 atom stereocenters. The highest BCUT2D eigenvalue weighted by Crippen LogP contribution is 2.18. The van der Waals surface area contributed by atoms with Gasteiger partial charge < -0.3 is 5.32 Å². The van der Waals surface area contributed by atoms with Crippen molar-refractivity contribution in [3.8, 4) is 0 Å². The second-order valence-corrected chi connectivity index (χ2v) is 4.87. The van der Waals surface area contributed by atoms with Crippen LogP contribution in [-0.4, -0.2) is 12.8 Å². The Kier molecular flexibility index (Phi) is 4.39. The number of hydrogen-bond acceptors (Lipinski definition) is 2. The van der Waals surface area contributed by atoms with Crippen LogP contribution in [0, 0.1) is 0 Å². The second kappa shape index (κ2) is 6.03. The van der Waals surface area contributed by atoms with Crippen molar-refractivity contribution in [3.05, 3.63) is 45.4 Å². The van der Waals surface area contributed by atoms with Gasteiger partial charge in [-0.15, -0.1) is 0 Å². The van der Waals surface area contributed by atoms with Crippen molar-refractivity contribution >= 4 is 28.8 Å². The summed E-state index contributed by atoms with van der Waals surface area (Å²) in [7, 11) is 0. The summed E-state index contributed by atoms with van der Waals surface area (Å²) in [5.41, 5.74) is 2.51. The predicted octanol–water partition coefficient (Wildman–Crippen LogP) is 3.49. The van der Waals surface area contributed by atoms with Crippen LogP contribution in [-0.2, 0) is 0 Å². The van der Waals surface area contributed by atoms with Crippen LogP contribution in [0.2, 0.25) is 0 Å². The Morgan fingerprint density at radius 3 is 3.12 bits per heavy atom. The molecule has 16 heavy (non-hydrogen) atoms. The van der Waals surface area contributed by atoms with Gasteiger partial charge in [-0.1, -0.05) is 30.4 Å². The minimum Gasteiger partial charge on any atom is -0.387 e. The first-order chi connectivity index (χ1) is 7.86. The topological polar surface area (TPSA) is 24.4 Å². The second-order valence-electron chi connectivity index (χ2n) is 3.76. The quantitative estimate of drug-likeness (QED) is 0.535. The van der Waals surface area contributed by atoms with Gasteiger partial charge in [0.1, 0.15) is 0 Å². The molecule has 0 saturated carbocycles. The molecule has 2 heterocycles. The first kappa shape index (κ1) is 11.6. The highest BCUT2D eigenvalue weighted by molar-refractivity contribution is 14.1. The first-order valence-corrected chi connectivity index (χ1v) is 6.64. The molecule has 2 rings (SSSR count). The van der Waals surface area contributed by atoms with Crippen molar-refractivity contribution in [2.75, 3.05) is 6.54 Å². The Morgan fingerprint density at radius 2 is 2.19 bits per heavy atom. The van der Waals surface area contributed by atoms with Gasteiger partial charge in [-0.2, -0.15) is 0 Å². The maximum Gasteiger partial charge on any atom is 0.0969 e. The third-order valence-electron chi connectivity index (χ3n) is 2.55. The average molecular weight is 326 g/mol. The Labute approximate surface area is 110 Å². The Hall–Kier alpha value is -0.840. The molecular weight excluding hydrogens is 311 g/mol. The molecule has 0 amide bonds. The number of hydrogen-bond donors (Lipinski definition) is 1. The van der Waals surface area contributed by atoms with Gasteiger partial charge in [0.15, 0.2) is 0 Å². The van der Waals surface area contributed by atoms with Crippen molar-refractivity contribution in [1.29, 1.82) is 0 Å². The highest BCUT2D eigenvalue weighted by Gasteiger charge is 2.05. The lowest BCUT2D eigenvalue weighted by molar-refractivity contribution is 0.746. The van der Waals surface area contributed by atoms with Crippen LogP contribution >= 0.6 is 22.6 Å². The third-order valence-corrected chi connectivity index (χ3v) is 3.27. The fourth-order valence-corrected chi connectivity index (χ4v) is 2.17. The molecular formula is C13H15IN2. The van der Waals surface area contributed by atoms with Crippen molar-refractivity contribution in [3.63, 3.8) is 0 Å². The molecule has 1 N–H and O–H groups in total. The molecule has 0 fully saturated rings. The summed E-state index contributed by atoms with van der Waals surface area (Å²) < 4.78 is 1.08. The molecule has 0 aromatic heterocycles. The van der Waals surface area contributed by atoms with Crippen LogP contribution in [0.1, 0.15) is 19.3 Å². The van der Waals surface area contributed by atoms with Gasteiger partial charge in [0.2, 0.25) is 0 Å². The van der Waals surface area contributed by atoms with E-state index in [1.165, 1.54) is 11.3 Å². The van der Waals surface area contributed by atoms with E-state index in [0.29, 0.717) is 0 Å². The maximum absolute atomic E-state index is 4.42. The Balaban J connectivity index is 2.29. The molecule has 0 aliphatic carbocycles. The molecule has 0 aromatic carbocycles.